The molecular formula is C16H18N4O4S3. The normalized spacial score (nSPS) is 14.4. The van der Waals surface area contributed by atoms with Crippen LogP contribution >= 0.6 is 23.1 Å². The van der Waals surface area contributed by atoms with E-state index in [4.69, 9.17) is 4.74 Å². The van der Waals surface area contributed by atoms with E-state index in [9.17, 15) is 13.2 Å². The molecule has 144 valence electrons. The van der Waals surface area contributed by atoms with E-state index in [0.717, 1.165) is 17.8 Å². The van der Waals surface area contributed by atoms with Gasteiger partial charge < -0.3 is 9.64 Å². The standard InChI is InChI=1S/C16H18N4O4S3/c1-3-9-25-16-18-17-15(26-16)19-27(22,23)11-6-7-13(24-2)12(10-11)20-8-4-5-14(20)21/h3,6-7,10H,1,4-5,8-9H2,2H3,(H,17,19). The molecule has 0 bridgehead atoms. The van der Waals surface area contributed by atoms with Crippen molar-refractivity contribution in [2.45, 2.75) is 22.1 Å². The fraction of sp³-hybridized carbons (Fsp3) is 0.312. The molecule has 0 atom stereocenters. The number of thioether (sulfide) groups is 1. The zero-order valence-electron chi connectivity index (χ0n) is 14.5. The Hall–Kier alpha value is -2.11. The second kappa shape index (κ2) is 8.28. The molecule has 8 nitrogen and oxygen atoms in total. The first-order valence-electron chi connectivity index (χ1n) is 8.03. The summed E-state index contributed by atoms with van der Waals surface area (Å²) in [7, 11) is -2.40. The minimum absolute atomic E-state index is 0.0218. The third-order valence-corrected chi connectivity index (χ3v) is 7.21. The zero-order valence-corrected chi connectivity index (χ0v) is 17.0. The summed E-state index contributed by atoms with van der Waals surface area (Å²) >= 11 is 2.56. The van der Waals surface area contributed by atoms with Gasteiger partial charge in [0.2, 0.25) is 11.0 Å². The van der Waals surface area contributed by atoms with Gasteiger partial charge in [0.05, 0.1) is 17.7 Å². The number of hydrogen-bond acceptors (Lipinski definition) is 8. The van der Waals surface area contributed by atoms with Crippen LogP contribution in [0.15, 0.2) is 40.1 Å². The van der Waals surface area contributed by atoms with E-state index in [0.29, 0.717) is 34.5 Å². The molecule has 1 aliphatic heterocycles. The fourth-order valence-electron chi connectivity index (χ4n) is 2.56. The topological polar surface area (TPSA) is 101 Å². The Morgan fingerprint density at radius 2 is 2.26 bits per heavy atom. The molecular weight excluding hydrogens is 408 g/mol. The summed E-state index contributed by atoms with van der Waals surface area (Å²) in [4.78, 5) is 13.6. The Morgan fingerprint density at radius 1 is 1.44 bits per heavy atom. The van der Waals surface area contributed by atoms with Crippen LogP contribution in [-0.4, -0.2) is 43.9 Å². The highest BCUT2D eigenvalue weighted by molar-refractivity contribution is 8.01. The van der Waals surface area contributed by atoms with Gasteiger partial charge in [-0.1, -0.05) is 29.2 Å². The smallest absolute Gasteiger partial charge is 0.263 e. The van der Waals surface area contributed by atoms with Crippen molar-refractivity contribution in [2.24, 2.45) is 0 Å². The van der Waals surface area contributed by atoms with Crippen molar-refractivity contribution in [2.75, 3.05) is 29.0 Å². The van der Waals surface area contributed by atoms with Crippen molar-refractivity contribution >= 4 is 49.8 Å². The summed E-state index contributed by atoms with van der Waals surface area (Å²) in [5.74, 6) is 1.06. The highest BCUT2D eigenvalue weighted by Gasteiger charge is 2.27. The van der Waals surface area contributed by atoms with Crippen LogP contribution in [0, 0.1) is 0 Å². The molecule has 2 aromatic rings. The molecule has 1 fully saturated rings. The van der Waals surface area contributed by atoms with Crippen LogP contribution in [0.3, 0.4) is 0 Å². The quantitative estimate of drug-likeness (QED) is 0.511. The van der Waals surface area contributed by atoms with Gasteiger partial charge in [-0.05, 0) is 24.6 Å². The monoisotopic (exact) mass is 426 g/mol. The van der Waals surface area contributed by atoms with Crippen molar-refractivity contribution < 1.29 is 17.9 Å². The number of aromatic nitrogens is 2. The molecule has 0 spiro atoms. The predicted octanol–water partition coefficient (Wildman–Crippen LogP) is 2.75. The van der Waals surface area contributed by atoms with Crippen molar-refractivity contribution in [1.29, 1.82) is 0 Å². The fourth-order valence-corrected chi connectivity index (χ4v) is 5.33. The summed E-state index contributed by atoms with van der Waals surface area (Å²) in [6, 6.07) is 4.42. The van der Waals surface area contributed by atoms with Gasteiger partial charge in [-0.15, -0.1) is 16.8 Å². The Kier molecular flexibility index (Phi) is 6.02. The van der Waals surface area contributed by atoms with Crippen molar-refractivity contribution in [3.05, 3.63) is 30.9 Å². The average molecular weight is 427 g/mol. The third kappa shape index (κ3) is 4.42. The maximum Gasteiger partial charge on any atom is 0.263 e. The molecule has 27 heavy (non-hydrogen) atoms. The van der Waals surface area contributed by atoms with Crippen molar-refractivity contribution in [3.63, 3.8) is 0 Å². The summed E-state index contributed by atoms with van der Waals surface area (Å²) < 4.78 is 33.8. The number of ether oxygens (including phenoxy) is 1. The number of benzene rings is 1. The maximum absolute atomic E-state index is 12.7. The van der Waals surface area contributed by atoms with Crippen LogP contribution in [0.2, 0.25) is 0 Å². The predicted molar refractivity (Wildman–Crippen MR) is 106 cm³/mol. The number of carbonyl (C=O) groups is 1. The molecule has 0 radical (unpaired) electrons. The van der Waals surface area contributed by atoms with E-state index in [1.165, 1.54) is 31.0 Å². The maximum atomic E-state index is 12.7. The molecule has 1 saturated heterocycles. The van der Waals surface area contributed by atoms with Crippen LogP contribution in [-0.2, 0) is 14.8 Å². The van der Waals surface area contributed by atoms with E-state index in [2.05, 4.69) is 21.5 Å². The Bertz CT molecular complexity index is 958. The van der Waals surface area contributed by atoms with Gasteiger partial charge >= 0.3 is 0 Å². The first kappa shape index (κ1) is 19.6. The number of nitrogens with zero attached hydrogens (tertiary/aromatic N) is 3. The van der Waals surface area contributed by atoms with E-state index in [-0.39, 0.29) is 15.9 Å². The molecule has 1 amide bonds. The number of hydrogen-bond donors (Lipinski definition) is 1. The van der Waals surface area contributed by atoms with Crippen LogP contribution in [0.1, 0.15) is 12.8 Å². The molecule has 0 unspecified atom stereocenters. The summed E-state index contributed by atoms with van der Waals surface area (Å²) in [6.45, 7) is 4.16. The molecule has 1 aromatic carbocycles. The van der Waals surface area contributed by atoms with Crippen molar-refractivity contribution in [3.8, 4) is 5.75 Å². The number of anilines is 2. The van der Waals surface area contributed by atoms with E-state index >= 15 is 0 Å². The largest absolute Gasteiger partial charge is 0.495 e. The van der Waals surface area contributed by atoms with E-state index < -0.39 is 10.0 Å². The first-order chi connectivity index (χ1) is 12.9. The van der Waals surface area contributed by atoms with Gasteiger partial charge in [0.15, 0.2) is 4.34 Å². The Labute approximate surface area is 165 Å². The molecule has 3 rings (SSSR count). The third-order valence-electron chi connectivity index (χ3n) is 3.78. The Balaban J connectivity index is 1.86. The highest BCUT2D eigenvalue weighted by Crippen LogP contribution is 2.34. The minimum atomic E-state index is -3.88. The average Bonchev–Trinajstić information content (AvgIpc) is 3.27. The molecule has 11 heteroatoms. The lowest BCUT2D eigenvalue weighted by molar-refractivity contribution is -0.117. The molecule has 0 aliphatic carbocycles. The van der Waals surface area contributed by atoms with Crippen LogP contribution in [0.25, 0.3) is 0 Å². The lowest BCUT2D eigenvalue weighted by atomic mass is 10.2. The molecule has 1 N–H and O–H groups in total. The summed E-state index contributed by atoms with van der Waals surface area (Å²) in [6.07, 6.45) is 2.90. The minimum Gasteiger partial charge on any atom is -0.495 e. The number of rotatable bonds is 8. The second-order valence-corrected chi connectivity index (χ2v) is 9.49. The van der Waals surface area contributed by atoms with Gasteiger partial charge in [-0.25, -0.2) is 8.42 Å². The Morgan fingerprint density at radius 3 is 2.93 bits per heavy atom. The van der Waals surface area contributed by atoms with E-state index in [1.54, 1.807) is 17.0 Å². The van der Waals surface area contributed by atoms with Gasteiger partial charge in [0.25, 0.3) is 10.0 Å². The number of methoxy groups -OCH3 is 1. The number of amides is 1. The van der Waals surface area contributed by atoms with Crippen LogP contribution in [0.4, 0.5) is 10.8 Å². The van der Waals surface area contributed by atoms with Crippen LogP contribution < -0.4 is 14.4 Å². The summed E-state index contributed by atoms with van der Waals surface area (Å²) in [5.41, 5.74) is 0.447. The highest BCUT2D eigenvalue weighted by atomic mass is 32.2. The van der Waals surface area contributed by atoms with E-state index in [1.807, 2.05) is 0 Å². The zero-order chi connectivity index (χ0) is 19.4. The van der Waals surface area contributed by atoms with Gasteiger partial charge in [-0.2, -0.15) is 0 Å². The summed E-state index contributed by atoms with van der Waals surface area (Å²) in [5, 5.41) is 7.97. The lowest BCUT2D eigenvalue weighted by Crippen LogP contribution is -2.24. The molecule has 1 aromatic heterocycles. The van der Waals surface area contributed by atoms with Gasteiger partial charge in [0, 0.05) is 18.7 Å². The van der Waals surface area contributed by atoms with Crippen molar-refractivity contribution in [1.82, 2.24) is 10.2 Å². The molecule has 0 saturated carbocycles. The lowest BCUT2D eigenvalue weighted by Gasteiger charge is -2.19. The number of carbonyl (C=O) groups excluding carboxylic acids is 1. The number of nitrogens with one attached hydrogen (secondary N) is 1. The van der Waals surface area contributed by atoms with Crippen LogP contribution in [0.5, 0.6) is 5.75 Å². The molecule has 1 aliphatic rings. The molecule has 2 heterocycles. The van der Waals surface area contributed by atoms with Gasteiger partial charge in [0.1, 0.15) is 5.75 Å². The second-order valence-electron chi connectivity index (χ2n) is 5.56. The SMILES string of the molecule is C=CCSc1nnc(NS(=O)(=O)c2ccc(OC)c(N3CCCC3=O)c2)s1. The van der Waals surface area contributed by atoms with Gasteiger partial charge in [-0.3, -0.25) is 9.52 Å². The first-order valence-corrected chi connectivity index (χ1v) is 11.3. The number of sulfonamides is 1.